The van der Waals surface area contributed by atoms with Gasteiger partial charge in [0.25, 0.3) is 0 Å². The molecule has 1 rings (SSSR count). The molecule has 0 saturated carbocycles. The summed E-state index contributed by atoms with van der Waals surface area (Å²) in [5, 5.41) is 8.73. The minimum absolute atomic E-state index is 0.175. The number of hydrogen-bond donors (Lipinski definition) is 1. The van der Waals surface area contributed by atoms with E-state index in [1.165, 1.54) is 6.26 Å². The van der Waals surface area contributed by atoms with Gasteiger partial charge in [0.15, 0.2) is 0 Å². The molecule has 0 aliphatic carbocycles. The third-order valence-electron chi connectivity index (χ3n) is 3.83. The van der Waals surface area contributed by atoms with Gasteiger partial charge in [-0.2, -0.15) is 4.31 Å². The Labute approximate surface area is 117 Å². The molecule has 1 saturated heterocycles. The van der Waals surface area contributed by atoms with E-state index in [9.17, 15) is 8.42 Å². The van der Waals surface area contributed by atoms with Crippen LogP contribution in [-0.2, 0) is 10.0 Å². The second-order valence-electron chi connectivity index (χ2n) is 5.32. The van der Waals surface area contributed by atoms with Crippen LogP contribution in [0, 0.1) is 0 Å². The van der Waals surface area contributed by atoms with Crippen LogP contribution in [0.5, 0.6) is 0 Å². The molecule has 5 nitrogen and oxygen atoms in total. The molecule has 1 N–H and O–H groups in total. The molecule has 1 heterocycles. The van der Waals surface area contributed by atoms with Crippen molar-refractivity contribution in [1.29, 1.82) is 0 Å². The van der Waals surface area contributed by atoms with Gasteiger partial charge in [0.1, 0.15) is 0 Å². The first-order valence-electron chi connectivity index (χ1n) is 7.29. The maximum absolute atomic E-state index is 11.7. The minimum atomic E-state index is -3.07. The van der Waals surface area contributed by atoms with Gasteiger partial charge in [0.05, 0.1) is 6.26 Å². The molecule has 0 bridgehead atoms. The summed E-state index contributed by atoms with van der Waals surface area (Å²) in [5.74, 6) is 0. The van der Waals surface area contributed by atoms with Gasteiger partial charge in [-0.1, -0.05) is 6.92 Å². The number of piperidine rings is 1. The number of aliphatic hydroxyl groups excluding tert-OH is 1. The van der Waals surface area contributed by atoms with Gasteiger partial charge in [-0.05, 0) is 51.7 Å². The summed E-state index contributed by atoms with van der Waals surface area (Å²) in [4.78, 5) is 2.41. The molecule has 0 aromatic heterocycles. The molecule has 6 heteroatoms. The summed E-state index contributed by atoms with van der Waals surface area (Å²) < 4.78 is 25.0. The van der Waals surface area contributed by atoms with Crippen LogP contribution in [0.2, 0.25) is 0 Å². The predicted octanol–water partition coefficient (Wildman–Crippen LogP) is 0.895. The lowest BCUT2D eigenvalue weighted by molar-refractivity contribution is 0.158. The first-order chi connectivity index (χ1) is 8.99. The molecule has 19 heavy (non-hydrogen) atoms. The lowest BCUT2D eigenvalue weighted by Gasteiger charge is -2.36. The van der Waals surface area contributed by atoms with Crippen molar-refractivity contribution in [3.63, 3.8) is 0 Å². The summed E-state index contributed by atoms with van der Waals surface area (Å²) >= 11 is 0. The highest BCUT2D eigenvalue weighted by molar-refractivity contribution is 7.88. The summed E-state index contributed by atoms with van der Waals surface area (Å²) in [6.45, 7) is 5.79. The summed E-state index contributed by atoms with van der Waals surface area (Å²) in [6, 6.07) is 0.175. The van der Waals surface area contributed by atoms with Crippen LogP contribution in [-0.4, -0.2) is 67.8 Å². The van der Waals surface area contributed by atoms with Gasteiger partial charge < -0.3 is 10.0 Å². The van der Waals surface area contributed by atoms with Gasteiger partial charge in [-0.15, -0.1) is 0 Å². The number of unbranched alkanes of at least 4 members (excludes halogenated alkanes) is 2. The van der Waals surface area contributed by atoms with Crippen molar-refractivity contribution in [2.75, 3.05) is 39.0 Å². The summed E-state index contributed by atoms with van der Waals surface area (Å²) in [7, 11) is -3.07. The first kappa shape index (κ1) is 16.9. The van der Waals surface area contributed by atoms with E-state index in [1.807, 2.05) is 6.92 Å². The Balaban J connectivity index is 2.32. The van der Waals surface area contributed by atoms with E-state index in [1.54, 1.807) is 4.31 Å². The Hall–Kier alpha value is -0.170. The maximum atomic E-state index is 11.7. The summed E-state index contributed by atoms with van der Waals surface area (Å²) in [6.07, 6.45) is 6.24. The molecule has 0 aromatic carbocycles. The zero-order valence-electron chi connectivity index (χ0n) is 12.2. The average molecular weight is 292 g/mol. The molecule has 0 unspecified atom stereocenters. The van der Waals surface area contributed by atoms with Crippen LogP contribution < -0.4 is 0 Å². The smallest absolute Gasteiger partial charge is 0.211 e. The zero-order chi connectivity index (χ0) is 14.3. The highest BCUT2D eigenvalue weighted by atomic mass is 32.2. The first-order valence-corrected chi connectivity index (χ1v) is 9.14. The molecular weight excluding hydrogens is 264 g/mol. The van der Waals surface area contributed by atoms with E-state index >= 15 is 0 Å². The predicted molar refractivity (Wildman–Crippen MR) is 77.6 cm³/mol. The van der Waals surface area contributed by atoms with E-state index in [0.29, 0.717) is 6.54 Å². The highest BCUT2D eigenvalue weighted by Crippen LogP contribution is 2.19. The normalized spacial score (nSPS) is 19.2. The minimum Gasteiger partial charge on any atom is -0.396 e. The maximum Gasteiger partial charge on any atom is 0.211 e. The summed E-state index contributed by atoms with van der Waals surface area (Å²) in [5.41, 5.74) is 0. The van der Waals surface area contributed by atoms with Crippen molar-refractivity contribution in [3.05, 3.63) is 0 Å². The number of likely N-dealkylation sites (tertiary alicyclic amines) is 1. The average Bonchev–Trinajstić information content (AvgIpc) is 2.35. The quantitative estimate of drug-likeness (QED) is 0.675. The molecule has 0 atom stereocenters. The van der Waals surface area contributed by atoms with Crippen LogP contribution in [0.25, 0.3) is 0 Å². The van der Waals surface area contributed by atoms with Crippen molar-refractivity contribution < 1.29 is 13.5 Å². The van der Waals surface area contributed by atoms with Crippen molar-refractivity contribution in [1.82, 2.24) is 9.21 Å². The fourth-order valence-electron chi connectivity index (χ4n) is 2.82. The lowest BCUT2D eigenvalue weighted by Crippen LogP contribution is -2.47. The van der Waals surface area contributed by atoms with Gasteiger partial charge in [0, 0.05) is 19.2 Å². The van der Waals surface area contributed by atoms with Crippen molar-refractivity contribution in [2.24, 2.45) is 0 Å². The van der Waals surface area contributed by atoms with Crippen LogP contribution in [0.4, 0.5) is 0 Å². The molecule has 1 fully saturated rings. The highest BCUT2D eigenvalue weighted by Gasteiger charge is 2.28. The monoisotopic (exact) mass is 292 g/mol. The molecule has 0 radical (unpaired) electrons. The number of sulfonamides is 1. The fourth-order valence-corrected chi connectivity index (χ4v) is 4.04. The van der Waals surface area contributed by atoms with Gasteiger partial charge >= 0.3 is 0 Å². The second-order valence-corrected chi connectivity index (χ2v) is 7.26. The van der Waals surface area contributed by atoms with Crippen LogP contribution in [0.3, 0.4) is 0 Å². The number of hydrogen-bond acceptors (Lipinski definition) is 4. The topological polar surface area (TPSA) is 60.9 Å². The molecule has 0 amide bonds. The molecule has 1 aliphatic rings. The third-order valence-corrected chi connectivity index (χ3v) is 5.24. The Bertz CT molecular complexity index is 338. The Morgan fingerprint density at radius 1 is 1.21 bits per heavy atom. The van der Waals surface area contributed by atoms with E-state index in [2.05, 4.69) is 4.90 Å². The van der Waals surface area contributed by atoms with Crippen molar-refractivity contribution >= 4 is 10.0 Å². The number of rotatable bonds is 8. The van der Waals surface area contributed by atoms with Gasteiger partial charge in [0.2, 0.25) is 10.0 Å². The Kier molecular flexibility index (Phi) is 7.28. The Morgan fingerprint density at radius 2 is 1.84 bits per heavy atom. The standard InChI is InChI=1S/C13H28N2O3S/c1-3-15(19(2,17)18)13-7-10-14(11-8-13)9-5-4-6-12-16/h13,16H,3-12H2,1-2H3. The molecule has 114 valence electrons. The van der Waals surface area contributed by atoms with E-state index in [0.717, 1.165) is 51.7 Å². The largest absolute Gasteiger partial charge is 0.396 e. The molecule has 0 spiro atoms. The number of nitrogens with zero attached hydrogens (tertiary/aromatic N) is 2. The van der Waals surface area contributed by atoms with Crippen molar-refractivity contribution in [2.45, 2.75) is 45.1 Å². The van der Waals surface area contributed by atoms with Gasteiger partial charge in [-0.25, -0.2) is 8.42 Å². The van der Waals surface area contributed by atoms with Crippen LogP contribution >= 0.6 is 0 Å². The molecule has 1 aliphatic heterocycles. The van der Waals surface area contributed by atoms with Crippen molar-refractivity contribution in [3.8, 4) is 0 Å². The molecule has 0 aromatic rings. The lowest BCUT2D eigenvalue weighted by atomic mass is 10.0. The SMILES string of the molecule is CCN(C1CCN(CCCCCO)CC1)S(C)(=O)=O. The van der Waals surface area contributed by atoms with Crippen LogP contribution in [0.1, 0.15) is 39.0 Å². The fraction of sp³-hybridized carbons (Fsp3) is 1.00. The van der Waals surface area contributed by atoms with Crippen LogP contribution in [0.15, 0.2) is 0 Å². The third kappa shape index (κ3) is 5.77. The molecular formula is C13H28N2O3S. The number of aliphatic hydroxyl groups is 1. The second kappa shape index (κ2) is 8.19. The Morgan fingerprint density at radius 3 is 2.32 bits per heavy atom. The zero-order valence-corrected chi connectivity index (χ0v) is 13.0. The van der Waals surface area contributed by atoms with E-state index in [-0.39, 0.29) is 12.6 Å². The van der Waals surface area contributed by atoms with E-state index < -0.39 is 10.0 Å². The van der Waals surface area contributed by atoms with Gasteiger partial charge in [-0.3, -0.25) is 0 Å². The van der Waals surface area contributed by atoms with E-state index in [4.69, 9.17) is 5.11 Å².